The van der Waals surface area contributed by atoms with E-state index in [0.29, 0.717) is 6.04 Å². The smallest absolute Gasteiger partial charge is 0.0361 e. The number of fused-ring (bicyclic) bond motifs is 1. The highest BCUT2D eigenvalue weighted by Crippen LogP contribution is 2.25. The van der Waals surface area contributed by atoms with Crippen molar-refractivity contribution in [2.45, 2.75) is 45.1 Å². The van der Waals surface area contributed by atoms with E-state index in [9.17, 15) is 0 Å². The van der Waals surface area contributed by atoms with Crippen LogP contribution in [0.15, 0.2) is 42.7 Å². The van der Waals surface area contributed by atoms with Crippen LogP contribution in [0.2, 0.25) is 0 Å². The number of rotatable bonds is 6. The van der Waals surface area contributed by atoms with Gasteiger partial charge in [-0.05, 0) is 73.0 Å². The van der Waals surface area contributed by atoms with Crippen molar-refractivity contribution in [1.29, 1.82) is 0 Å². The molecule has 1 atom stereocenters. The van der Waals surface area contributed by atoms with Crippen molar-refractivity contribution in [3.05, 3.63) is 65.0 Å². The van der Waals surface area contributed by atoms with Crippen molar-refractivity contribution >= 4 is 0 Å². The zero-order chi connectivity index (χ0) is 14.5. The second-order valence-corrected chi connectivity index (χ2v) is 5.95. The van der Waals surface area contributed by atoms with Gasteiger partial charge in [0.05, 0.1) is 0 Å². The third kappa shape index (κ3) is 3.51. The molecule has 1 aliphatic rings. The van der Waals surface area contributed by atoms with Gasteiger partial charge in [-0.2, -0.15) is 0 Å². The van der Waals surface area contributed by atoms with E-state index in [4.69, 9.17) is 0 Å². The molecule has 3 rings (SSSR count). The van der Waals surface area contributed by atoms with E-state index in [1.807, 2.05) is 12.4 Å². The lowest BCUT2D eigenvalue weighted by atomic mass is 9.97. The van der Waals surface area contributed by atoms with Crippen LogP contribution in [0.1, 0.15) is 48.1 Å². The van der Waals surface area contributed by atoms with Crippen molar-refractivity contribution < 1.29 is 0 Å². The van der Waals surface area contributed by atoms with E-state index in [-0.39, 0.29) is 0 Å². The van der Waals surface area contributed by atoms with Crippen LogP contribution in [0.4, 0.5) is 0 Å². The van der Waals surface area contributed by atoms with Gasteiger partial charge in [0.15, 0.2) is 0 Å². The normalized spacial score (nSPS) is 14.9. The Balaban J connectivity index is 1.77. The summed E-state index contributed by atoms with van der Waals surface area (Å²) in [6.45, 7) is 3.27. The van der Waals surface area contributed by atoms with E-state index in [0.717, 1.165) is 19.4 Å². The van der Waals surface area contributed by atoms with Gasteiger partial charge in [0.1, 0.15) is 0 Å². The van der Waals surface area contributed by atoms with Crippen LogP contribution in [0, 0.1) is 0 Å². The second-order valence-electron chi connectivity index (χ2n) is 5.95. The van der Waals surface area contributed by atoms with Crippen molar-refractivity contribution in [1.82, 2.24) is 10.3 Å². The first-order valence-electron chi connectivity index (χ1n) is 8.11. The van der Waals surface area contributed by atoms with Crippen molar-refractivity contribution in [2.24, 2.45) is 0 Å². The van der Waals surface area contributed by atoms with Gasteiger partial charge < -0.3 is 5.32 Å². The molecule has 1 aliphatic carbocycles. The number of aromatic nitrogens is 1. The Morgan fingerprint density at radius 3 is 2.71 bits per heavy atom. The third-order valence-electron chi connectivity index (χ3n) is 4.35. The molecule has 2 aromatic rings. The summed E-state index contributed by atoms with van der Waals surface area (Å²) in [5.74, 6) is 0. The standard InChI is InChI=1S/C19H24N2/c1-2-10-21-19(17-8-11-20-12-9-17)14-15-6-7-16-4-3-5-18(16)13-15/h6-9,11-13,19,21H,2-5,10,14H2,1H3. The fraction of sp³-hybridized carbons (Fsp3) is 0.421. The lowest BCUT2D eigenvalue weighted by Crippen LogP contribution is -2.24. The maximum absolute atomic E-state index is 4.13. The summed E-state index contributed by atoms with van der Waals surface area (Å²) in [5.41, 5.74) is 5.90. The summed E-state index contributed by atoms with van der Waals surface area (Å²) in [4.78, 5) is 4.13. The molecule has 0 fully saturated rings. The van der Waals surface area contributed by atoms with Gasteiger partial charge >= 0.3 is 0 Å². The number of nitrogens with one attached hydrogen (secondary N) is 1. The summed E-state index contributed by atoms with van der Waals surface area (Å²) in [5, 5.41) is 3.67. The van der Waals surface area contributed by atoms with Gasteiger partial charge in [0, 0.05) is 18.4 Å². The molecule has 0 saturated heterocycles. The Morgan fingerprint density at radius 2 is 1.90 bits per heavy atom. The minimum absolute atomic E-state index is 0.382. The van der Waals surface area contributed by atoms with Crippen molar-refractivity contribution in [3.8, 4) is 0 Å². The van der Waals surface area contributed by atoms with E-state index < -0.39 is 0 Å². The Labute approximate surface area is 127 Å². The SMILES string of the molecule is CCCNC(Cc1ccc2c(c1)CCC2)c1ccncc1. The first-order valence-corrected chi connectivity index (χ1v) is 8.11. The molecule has 2 heteroatoms. The molecule has 1 aromatic carbocycles. The highest BCUT2D eigenvalue weighted by molar-refractivity contribution is 5.36. The van der Waals surface area contributed by atoms with Crippen LogP contribution in [0.5, 0.6) is 0 Å². The topological polar surface area (TPSA) is 24.9 Å². The first-order chi connectivity index (χ1) is 10.4. The van der Waals surface area contributed by atoms with Gasteiger partial charge in [-0.15, -0.1) is 0 Å². The number of nitrogens with zero attached hydrogens (tertiary/aromatic N) is 1. The molecular weight excluding hydrogens is 256 g/mol. The Kier molecular flexibility index (Phi) is 4.66. The fourth-order valence-electron chi connectivity index (χ4n) is 3.21. The summed E-state index contributed by atoms with van der Waals surface area (Å²) in [7, 11) is 0. The molecule has 1 N–H and O–H groups in total. The highest BCUT2D eigenvalue weighted by Gasteiger charge is 2.14. The predicted octanol–water partition coefficient (Wildman–Crippen LogP) is 3.85. The van der Waals surface area contributed by atoms with E-state index in [2.05, 4.69) is 47.6 Å². The van der Waals surface area contributed by atoms with E-state index in [1.165, 1.54) is 30.4 Å². The van der Waals surface area contributed by atoms with Crippen LogP contribution in [-0.2, 0) is 19.3 Å². The fourth-order valence-corrected chi connectivity index (χ4v) is 3.21. The number of aryl methyl sites for hydroxylation is 2. The number of pyridine rings is 1. The van der Waals surface area contributed by atoms with Gasteiger partial charge in [0.2, 0.25) is 0 Å². The molecule has 0 aliphatic heterocycles. The number of benzene rings is 1. The Hall–Kier alpha value is -1.67. The Morgan fingerprint density at radius 1 is 1.10 bits per heavy atom. The quantitative estimate of drug-likeness (QED) is 0.869. The summed E-state index contributed by atoms with van der Waals surface area (Å²) in [6.07, 6.45) is 9.82. The maximum atomic E-state index is 4.13. The maximum Gasteiger partial charge on any atom is 0.0361 e. The van der Waals surface area contributed by atoms with Crippen LogP contribution < -0.4 is 5.32 Å². The largest absolute Gasteiger partial charge is 0.310 e. The van der Waals surface area contributed by atoms with Gasteiger partial charge in [-0.25, -0.2) is 0 Å². The van der Waals surface area contributed by atoms with Crippen molar-refractivity contribution in [2.75, 3.05) is 6.54 Å². The molecule has 21 heavy (non-hydrogen) atoms. The molecule has 0 bridgehead atoms. The summed E-state index contributed by atoms with van der Waals surface area (Å²) >= 11 is 0. The molecule has 110 valence electrons. The molecule has 1 heterocycles. The molecule has 0 radical (unpaired) electrons. The van der Waals surface area contributed by atoms with Crippen LogP contribution >= 0.6 is 0 Å². The number of hydrogen-bond donors (Lipinski definition) is 1. The Bertz CT molecular complexity index is 577. The molecule has 1 unspecified atom stereocenters. The van der Waals surface area contributed by atoms with Crippen LogP contribution in [-0.4, -0.2) is 11.5 Å². The van der Waals surface area contributed by atoms with Gasteiger partial charge in [0.25, 0.3) is 0 Å². The molecule has 0 amide bonds. The zero-order valence-corrected chi connectivity index (χ0v) is 12.8. The van der Waals surface area contributed by atoms with Gasteiger partial charge in [-0.1, -0.05) is 25.1 Å². The number of hydrogen-bond acceptors (Lipinski definition) is 2. The lowest BCUT2D eigenvalue weighted by molar-refractivity contribution is 0.528. The van der Waals surface area contributed by atoms with Crippen molar-refractivity contribution in [3.63, 3.8) is 0 Å². The summed E-state index contributed by atoms with van der Waals surface area (Å²) < 4.78 is 0. The van der Waals surface area contributed by atoms with Gasteiger partial charge in [-0.3, -0.25) is 4.98 Å². The summed E-state index contributed by atoms with van der Waals surface area (Å²) in [6, 6.07) is 11.7. The molecular formula is C19H24N2. The second kappa shape index (κ2) is 6.86. The predicted molar refractivity (Wildman–Crippen MR) is 87.4 cm³/mol. The third-order valence-corrected chi connectivity index (χ3v) is 4.35. The molecule has 0 spiro atoms. The minimum atomic E-state index is 0.382. The molecule has 1 aromatic heterocycles. The van der Waals surface area contributed by atoms with E-state index >= 15 is 0 Å². The molecule has 0 saturated carbocycles. The lowest BCUT2D eigenvalue weighted by Gasteiger charge is -2.19. The average Bonchev–Trinajstić information content (AvgIpc) is 3.00. The molecule has 2 nitrogen and oxygen atoms in total. The minimum Gasteiger partial charge on any atom is -0.310 e. The van der Waals surface area contributed by atoms with Crippen LogP contribution in [0.25, 0.3) is 0 Å². The van der Waals surface area contributed by atoms with E-state index in [1.54, 1.807) is 11.1 Å². The highest BCUT2D eigenvalue weighted by atomic mass is 14.9. The zero-order valence-electron chi connectivity index (χ0n) is 12.8. The first kappa shape index (κ1) is 14.3. The monoisotopic (exact) mass is 280 g/mol. The van der Waals surface area contributed by atoms with Crippen LogP contribution in [0.3, 0.4) is 0 Å². The average molecular weight is 280 g/mol.